The highest BCUT2D eigenvalue weighted by atomic mass is 35.5. The van der Waals surface area contributed by atoms with Crippen LogP contribution in [0.3, 0.4) is 0 Å². The molecule has 0 saturated heterocycles. The number of benzene rings is 5. The van der Waals surface area contributed by atoms with Crippen LogP contribution in [0.15, 0.2) is 149 Å². The van der Waals surface area contributed by atoms with Gasteiger partial charge in [0.05, 0.1) is 21.3 Å². The fourth-order valence-corrected chi connectivity index (χ4v) is 13.8. The van der Waals surface area contributed by atoms with Gasteiger partial charge in [0.1, 0.15) is 17.2 Å². The van der Waals surface area contributed by atoms with E-state index in [4.69, 9.17) is 37.4 Å². The number of rotatable bonds is 18. The second-order valence-electron chi connectivity index (χ2n) is 27.8. The SMILES string of the molecule is CN(C)CC1CCCC(=Cc2cccc(Cl)c2)C1=O.CN(C)CC1CCCC(=Cc2ccccc2Cl)C1=O.COc1ccc(C=C2CCCC(CN(C)C)C2=O)cc1.COc1cccc(C=C2CCCC(CN(C)C)C2=O)c1.COc1ccccc1C=C1CCCC(CN(C)C)C1=O. The van der Waals surface area contributed by atoms with Crippen molar-refractivity contribution in [2.45, 2.75) is 96.3 Å². The third-order valence-electron chi connectivity index (χ3n) is 18.1. The first-order chi connectivity index (χ1) is 46.9. The van der Waals surface area contributed by atoms with Gasteiger partial charge in [-0.3, -0.25) is 24.0 Å². The molecule has 5 aromatic rings. The number of Topliss-reactive ketones (excluding diaryl/α,β-unsaturated/α-hetero) is 5. The fourth-order valence-electron chi connectivity index (χ4n) is 13.5. The van der Waals surface area contributed by atoms with E-state index in [0.29, 0.717) is 39.0 Å². The van der Waals surface area contributed by atoms with Crippen LogP contribution in [0, 0.1) is 29.6 Å². The Morgan fingerprint density at radius 3 is 1.05 bits per heavy atom. The van der Waals surface area contributed by atoms with Gasteiger partial charge in [-0.1, -0.05) is 96.0 Å². The molecule has 0 aliphatic heterocycles. The molecule has 10 rings (SSSR count). The summed E-state index contributed by atoms with van der Waals surface area (Å²) in [5, 5.41) is 1.42. The molecule has 5 saturated carbocycles. The summed E-state index contributed by atoms with van der Waals surface area (Å²) in [6.45, 7) is 4.19. The molecule has 0 amide bonds. The number of ether oxygens (including phenoxy) is 3. The summed E-state index contributed by atoms with van der Waals surface area (Å²) in [5.41, 5.74) is 9.78. The fraction of sp³-hybridized carbons (Fsp3) is 0.458. The molecule has 0 radical (unpaired) electrons. The van der Waals surface area contributed by atoms with Gasteiger partial charge in [-0.15, -0.1) is 0 Å². The molecular formula is C83H109Cl2N5O8. The first-order valence-electron chi connectivity index (χ1n) is 34.8. The van der Waals surface area contributed by atoms with E-state index in [9.17, 15) is 24.0 Å². The van der Waals surface area contributed by atoms with Crippen molar-refractivity contribution in [1.82, 2.24) is 24.5 Å². The monoisotopic (exact) mass is 1370 g/mol. The molecule has 5 atom stereocenters. The van der Waals surface area contributed by atoms with Crippen LogP contribution in [0.2, 0.25) is 10.0 Å². The van der Waals surface area contributed by atoms with Gasteiger partial charge < -0.3 is 38.7 Å². The third-order valence-corrected chi connectivity index (χ3v) is 18.7. The third kappa shape index (κ3) is 26.5. The van der Waals surface area contributed by atoms with E-state index in [0.717, 1.165) is 202 Å². The van der Waals surface area contributed by atoms with E-state index in [1.807, 2.05) is 222 Å². The normalized spacial score (nSPS) is 21.8. The van der Waals surface area contributed by atoms with Gasteiger partial charge in [0.25, 0.3) is 0 Å². The van der Waals surface area contributed by atoms with E-state index >= 15 is 0 Å². The number of hydrogen-bond acceptors (Lipinski definition) is 13. The van der Waals surface area contributed by atoms with Crippen LogP contribution < -0.4 is 14.2 Å². The standard InChI is InChI=1S/3C17H23NO2.2C16H20ClNO/c1-18(2)12-15-8-5-7-14(17(15)19)10-13-6-4-9-16(11-13)20-3;1-18(2)12-15-9-6-8-14(17(15)19)11-13-7-4-5-10-16(13)20-3;1-18(2)12-15-6-4-5-14(17(15)19)11-13-7-9-16(20-3)10-8-13;1-18(2)11-14-7-4-6-13(16(14)19)9-12-5-3-8-15(17)10-12;1-18(2)11-14-8-5-7-13(16(14)19)10-12-6-3-4-9-15(12)17/h4,6,9-11,15H,5,7-8,12H2,1-3H3;4-5,7,10-11,15H,6,8-9,12H2,1-3H3;7-11,15H,4-6,12H2,1-3H3;3,5,8-10,14H,4,6-7,11H2,1-2H3;3-4,6,9-10,14H,5,7-8,11H2,1-2H3. The van der Waals surface area contributed by atoms with Crippen LogP contribution in [0.1, 0.15) is 124 Å². The lowest BCUT2D eigenvalue weighted by Gasteiger charge is -2.25. The molecule has 0 bridgehead atoms. The maximum Gasteiger partial charge on any atom is 0.163 e. The topological polar surface area (TPSA) is 129 Å². The van der Waals surface area contributed by atoms with Gasteiger partial charge in [-0.2, -0.15) is 0 Å². The predicted octanol–water partition coefficient (Wildman–Crippen LogP) is 16.3. The average Bonchev–Trinajstić information content (AvgIpc) is 2.63. The van der Waals surface area contributed by atoms with Gasteiger partial charge in [-0.05, 0) is 296 Å². The molecular weight excluding hydrogens is 1270 g/mol. The Balaban J connectivity index is 0.000000193. The average molecular weight is 1380 g/mol. The molecule has 15 heteroatoms. The Morgan fingerprint density at radius 1 is 0.347 bits per heavy atom. The molecule has 98 heavy (non-hydrogen) atoms. The highest BCUT2D eigenvalue weighted by molar-refractivity contribution is 6.32. The molecule has 0 N–H and O–H groups in total. The lowest BCUT2D eigenvalue weighted by atomic mass is 9.83. The molecule has 5 aliphatic carbocycles. The van der Waals surface area contributed by atoms with E-state index in [1.165, 1.54) is 0 Å². The summed E-state index contributed by atoms with van der Waals surface area (Å²) in [5.74, 6) is 4.75. The number of carbonyl (C=O) groups excluding carboxylic acids is 5. The molecule has 0 spiro atoms. The Bertz CT molecular complexity index is 3570. The Hall–Kier alpha value is -7.07. The minimum atomic E-state index is 0.137. The highest BCUT2D eigenvalue weighted by Gasteiger charge is 2.31. The summed E-state index contributed by atoms with van der Waals surface area (Å²) in [7, 11) is 25.2. The number of para-hydroxylation sites is 1. The largest absolute Gasteiger partial charge is 0.497 e. The molecule has 5 aliphatic rings. The van der Waals surface area contributed by atoms with Gasteiger partial charge in [0, 0.05) is 77.9 Å². The van der Waals surface area contributed by atoms with Crippen LogP contribution >= 0.6 is 23.2 Å². The number of ketones is 5. The lowest BCUT2D eigenvalue weighted by molar-refractivity contribution is -0.121. The van der Waals surface area contributed by atoms with Crippen molar-refractivity contribution < 1.29 is 38.2 Å². The summed E-state index contributed by atoms with van der Waals surface area (Å²) in [6, 6.07) is 38.9. The Labute approximate surface area is 596 Å². The summed E-state index contributed by atoms with van der Waals surface area (Å²) in [6.07, 6.45) is 24.9. The van der Waals surface area contributed by atoms with E-state index in [1.54, 1.807) is 21.3 Å². The molecule has 5 fully saturated rings. The molecule has 0 aromatic heterocycles. The molecule has 13 nitrogen and oxygen atoms in total. The van der Waals surface area contributed by atoms with Crippen molar-refractivity contribution in [3.05, 3.63) is 187 Å². The molecule has 528 valence electrons. The first kappa shape index (κ1) is 79.9. The van der Waals surface area contributed by atoms with Gasteiger partial charge in [-0.25, -0.2) is 0 Å². The number of allylic oxidation sites excluding steroid dienone is 5. The predicted molar refractivity (Wildman–Crippen MR) is 406 cm³/mol. The number of nitrogens with zero attached hydrogens (tertiary/aromatic N) is 5. The van der Waals surface area contributed by atoms with Gasteiger partial charge >= 0.3 is 0 Å². The van der Waals surface area contributed by atoms with E-state index < -0.39 is 0 Å². The van der Waals surface area contributed by atoms with Crippen molar-refractivity contribution >= 4 is 82.5 Å². The number of carbonyl (C=O) groups is 5. The van der Waals surface area contributed by atoms with Gasteiger partial charge in [0.15, 0.2) is 28.9 Å². The summed E-state index contributed by atoms with van der Waals surface area (Å²) in [4.78, 5) is 72.8. The maximum atomic E-state index is 12.5. The molecule has 5 aromatic carbocycles. The van der Waals surface area contributed by atoms with Crippen LogP contribution in [-0.4, -0.2) is 178 Å². The zero-order valence-electron chi connectivity index (χ0n) is 60.7. The quantitative estimate of drug-likeness (QED) is 0.0773. The zero-order chi connectivity index (χ0) is 71.3. The second kappa shape index (κ2) is 41.5. The van der Waals surface area contributed by atoms with Crippen LogP contribution in [0.4, 0.5) is 0 Å². The molecule has 0 heterocycles. The summed E-state index contributed by atoms with van der Waals surface area (Å²) >= 11 is 12.1. The minimum absolute atomic E-state index is 0.137. The zero-order valence-corrected chi connectivity index (χ0v) is 62.2. The lowest BCUT2D eigenvalue weighted by Crippen LogP contribution is -2.31. The van der Waals surface area contributed by atoms with E-state index in [-0.39, 0.29) is 29.6 Å². The van der Waals surface area contributed by atoms with Crippen LogP contribution in [-0.2, 0) is 24.0 Å². The van der Waals surface area contributed by atoms with Crippen molar-refractivity contribution in [3.8, 4) is 17.2 Å². The Kier molecular flexibility index (Phi) is 33.8. The first-order valence-corrected chi connectivity index (χ1v) is 35.6. The highest BCUT2D eigenvalue weighted by Crippen LogP contribution is 2.34. The minimum Gasteiger partial charge on any atom is -0.497 e. The van der Waals surface area contributed by atoms with Crippen LogP contribution in [0.25, 0.3) is 30.4 Å². The summed E-state index contributed by atoms with van der Waals surface area (Å²) < 4.78 is 15.7. The maximum absolute atomic E-state index is 12.5. The van der Waals surface area contributed by atoms with Crippen LogP contribution in [0.5, 0.6) is 17.2 Å². The van der Waals surface area contributed by atoms with Crippen molar-refractivity contribution in [1.29, 1.82) is 0 Å². The van der Waals surface area contributed by atoms with Gasteiger partial charge in [0.2, 0.25) is 0 Å². The second-order valence-corrected chi connectivity index (χ2v) is 28.6. The molecule has 5 unspecified atom stereocenters. The number of methoxy groups -OCH3 is 3. The number of hydrogen-bond donors (Lipinski definition) is 0. The number of halogens is 2. The van der Waals surface area contributed by atoms with Crippen molar-refractivity contribution in [3.63, 3.8) is 0 Å². The van der Waals surface area contributed by atoms with E-state index in [2.05, 4.69) is 24.5 Å². The van der Waals surface area contributed by atoms with Crippen molar-refractivity contribution in [2.24, 2.45) is 29.6 Å². The van der Waals surface area contributed by atoms with Crippen molar-refractivity contribution in [2.75, 3.05) is 125 Å². The smallest absolute Gasteiger partial charge is 0.163 e. The Morgan fingerprint density at radius 2 is 0.684 bits per heavy atom.